The summed E-state index contributed by atoms with van der Waals surface area (Å²) in [6.45, 7) is 0. The lowest BCUT2D eigenvalue weighted by atomic mass is 10.0. The van der Waals surface area contributed by atoms with Crippen molar-refractivity contribution in [2.45, 2.75) is 0 Å². The van der Waals surface area contributed by atoms with Crippen LogP contribution in [0.5, 0.6) is 5.75 Å². The second kappa shape index (κ2) is 6.14. The molecular weight excluding hydrogens is 274 g/mol. The Labute approximate surface area is 128 Å². The summed E-state index contributed by atoms with van der Waals surface area (Å²) in [6, 6.07) is 20.4. The van der Waals surface area contributed by atoms with Crippen molar-refractivity contribution < 1.29 is 9.90 Å². The molecule has 0 saturated carbocycles. The number of anilines is 1. The van der Waals surface area contributed by atoms with E-state index in [2.05, 4.69) is 5.32 Å². The van der Waals surface area contributed by atoms with Crippen molar-refractivity contribution in [1.29, 1.82) is 0 Å². The van der Waals surface area contributed by atoms with Gasteiger partial charge in [0.05, 0.1) is 5.69 Å². The monoisotopic (exact) mass is 289 g/mol. The van der Waals surface area contributed by atoms with E-state index in [1.54, 1.807) is 24.3 Å². The van der Waals surface area contributed by atoms with E-state index in [-0.39, 0.29) is 11.5 Å². The van der Waals surface area contributed by atoms with Crippen LogP contribution in [-0.4, -0.2) is 10.9 Å². The van der Waals surface area contributed by atoms with Crippen LogP contribution in [0.4, 0.5) is 5.69 Å². The zero-order valence-electron chi connectivity index (χ0n) is 11.9. The number of nitrogens with one attached hydrogen (secondary N) is 1. The van der Waals surface area contributed by atoms with Gasteiger partial charge in [-0.2, -0.15) is 0 Å². The Bertz CT molecular complexity index is 853. The van der Waals surface area contributed by atoms with E-state index in [0.717, 1.165) is 10.8 Å². The highest BCUT2D eigenvalue weighted by Crippen LogP contribution is 2.21. The Hall–Kier alpha value is -3.07. The molecule has 3 nitrogen and oxygen atoms in total. The molecule has 0 amide bonds. The van der Waals surface area contributed by atoms with Gasteiger partial charge in [0.25, 0.3) is 0 Å². The van der Waals surface area contributed by atoms with Gasteiger partial charge in [0, 0.05) is 17.8 Å². The predicted octanol–water partition coefficient (Wildman–Crippen LogP) is 4.35. The first-order chi connectivity index (χ1) is 10.7. The van der Waals surface area contributed by atoms with E-state index in [1.165, 1.54) is 12.3 Å². The SMILES string of the molecule is O=C(C=CNc1ccccc1O)c1ccc2ccccc2c1. The first-order valence-electron chi connectivity index (χ1n) is 6.98. The van der Waals surface area contributed by atoms with Crippen LogP contribution >= 0.6 is 0 Å². The smallest absolute Gasteiger partial charge is 0.187 e. The number of phenols is 1. The molecule has 0 fully saturated rings. The molecule has 0 spiro atoms. The Morgan fingerprint density at radius 2 is 1.64 bits per heavy atom. The topological polar surface area (TPSA) is 49.3 Å². The maximum absolute atomic E-state index is 12.2. The molecule has 0 heterocycles. The third kappa shape index (κ3) is 2.99. The highest BCUT2D eigenvalue weighted by Gasteiger charge is 2.03. The van der Waals surface area contributed by atoms with E-state index in [4.69, 9.17) is 0 Å². The van der Waals surface area contributed by atoms with Gasteiger partial charge in [0.1, 0.15) is 5.75 Å². The number of benzene rings is 3. The van der Waals surface area contributed by atoms with Crippen LogP contribution in [0.1, 0.15) is 10.4 Å². The number of aromatic hydroxyl groups is 1. The quantitative estimate of drug-likeness (QED) is 0.426. The van der Waals surface area contributed by atoms with E-state index in [9.17, 15) is 9.90 Å². The predicted molar refractivity (Wildman–Crippen MR) is 89.1 cm³/mol. The van der Waals surface area contributed by atoms with Crippen LogP contribution in [0, 0.1) is 0 Å². The summed E-state index contributed by atoms with van der Waals surface area (Å²) in [7, 11) is 0. The molecule has 3 aromatic rings. The number of rotatable bonds is 4. The van der Waals surface area contributed by atoms with Crippen molar-refractivity contribution in [2.24, 2.45) is 0 Å². The molecule has 0 aliphatic rings. The molecule has 0 saturated heterocycles. The fourth-order valence-electron chi connectivity index (χ4n) is 2.24. The van der Waals surface area contributed by atoms with E-state index in [1.807, 2.05) is 42.5 Å². The Kier molecular flexibility index (Phi) is 3.88. The zero-order chi connectivity index (χ0) is 15.4. The first-order valence-corrected chi connectivity index (χ1v) is 6.98. The fraction of sp³-hybridized carbons (Fsp3) is 0. The molecule has 0 aliphatic carbocycles. The van der Waals surface area contributed by atoms with Crippen molar-refractivity contribution >= 4 is 22.2 Å². The fourth-order valence-corrected chi connectivity index (χ4v) is 2.24. The van der Waals surface area contributed by atoms with Gasteiger partial charge in [0.2, 0.25) is 0 Å². The summed E-state index contributed by atoms with van der Waals surface area (Å²) in [4.78, 5) is 12.2. The molecule has 108 valence electrons. The van der Waals surface area contributed by atoms with E-state index in [0.29, 0.717) is 11.3 Å². The van der Waals surface area contributed by atoms with Crippen molar-refractivity contribution in [1.82, 2.24) is 0 Å². The molecule has 0 radical (unpaired) electrons. The van der Waals surface area contributed by atoms with Crippen molar-refractivity contribution in [3.63, 3.8) is 0 Å². The van der Waals surface area contributed by atoms with Gasteiger partial charge >= 0.3 is 0 Å². The summed E-state index contributed by atoms with van der Waals surface area (Å²) in [6.07, 6.45) is 2.99. The number of ketones is 1. The van der Waals surface area contributed by atoms with Gasteiger partial charge in [0.15, 0.2) is 5.78 Å². The number of carbonyl (C=O) groups excluding carboxylic acids is 1. The minimum atomic E-state index is -0.0892. The number of allylic oxidation sites excluding steroid dienone is 1. The molecule has 3 aromatic carbocycles. The standard InChI is InChI=1S/C19H15NO2/c21-18(11-12-20-17-7-3-4-8-19(17)22)16-10-9-14-5-1-2-6-15(14)13-16/h1-13,20,22H. The Morgan fingerprint density at radius 3 is 2.45 bits per heavy atom. The van der Waals surface area contributed by atoms with Gasteiger partial charge in [-0.05, 0) is 29.0 Å². The molecular formula is C19H15NO2. The number of hydrogen-bond acceptors (Lipinski definition) is 3. The highest BCUT2D eigenvalue weighted by atomic mass is 16.3. The third-order valence-electron chi connectivity index (χ3n) is 3.41. The van der Waals surface area contributed by atoms with Gasteiger partial charge < -0.3 is 10.4 Å². The van der Waals surface area contributed by atoms with Crippen molar-refractivity contribution in [3.8, 4) is 5.75 Å². The Balaban J connectivity index is 1.75. The third-order valence-corrected chi connectivity index (χ3v) is 3.41. The number of para-hydroxylation sites is 2. The summed E-state index contributed by atoms with van der Waals surface area (Å²) < 4.78 is 0. The largest absolute Gasteiger partial charge is 0.506 e. The molecule has 2 N–H and O–H groups in total. The second-order valence-corrected chi connectivity index (χ2v) is 4.92. The van der Waals surface area contributed by atoms with Crippen LogP contribution < -0.4 is 5.32 Å². The van der Waals surface area contributed by atoms with Crippen LogP contribution in [0.25, 0.3) is 10.8 Å². The van der Waals surface area contributed by atoms with Gasteiger partial charge in [-0.25, -0.2) is 0 Å². The minimum absolute atomic E-state index is 0.0892. The van der Waals surface area contributed by atoms with Crippen molar-refractivity contribution in [2.75, 3.05) is 5.32 Å². The molecule has 0 bridgehead atoms. The molecule has 0 aromatic heterocycles. The molecule has 22 heavy (non-hydrogen) atoms. The van der Waals surface area contributed by atoms with Gasteiger partial charge in [-0.1, -0.05) is 48.5 Å². The summed E-state index contributed by atoms with van der Waals surface area (Å²) in [5.74, 6) is 0.0546. The van der Waals surface area contributed by atoms with Crippen LogP contribution in [0.15, 0.2) is 79.0 Å². The highest BCUT2D eigenvalue weighted by molar-refractivity contribution is 6.06. The van der Waals surface area contributed by atoms with Crippen LogP contribution in [0.2, 0.25) is 0 Å². The molecule has 0 atom stereocenters. The summed E-state index contributed by atoms with van der Waals surface area (Å²) >= 11 is 0. The lowest BCUT2D eigenvalue weighted by Gasteiger charge is -2.03. The number of phenolic OH excluding ortho intramolecular Hbond substituents is 1. The lowest BCUT2D eigenvalue weighted by molar-refractivity contribution is 0.104. The normalized spacial score (nSPS) is 10.9. The maximum Gasteiger partial charge on any atom is 0.187 e. The van der Waals surface area contributed by atoms with Crippen molar-refractivity contribution in [3.05, 3.63) is 84.6 Å². The van der Waals surface area contributed by atoms with Gasteiger partial charge in [-0.3, -0.25) is 4.79 Å². The molecule has 0 unspecified atom stereocenters. The average molecular weight is 289 g/mol. The van der Waals surface area contributed by atoms with Gasteiger partial charge in [-0.15, -0.1) is 0 Å². The maximum atomic E-state index is 12.2. The lowest BCUT2D eigenvalue weighted by Crippen LogP contribution is -1.96. The van der Waals surface area contributed by atoms with Crippen LogP contribution in [-0.2, 0) is 0 Å². The number of fused-ring (bicyclic) bond motifs is 1. The number of carbonyl (C=O) groups is 1. The van der Waals surface area contributed by atoms with E-state index >= 15 is 0 Å². The van der Waals surface area contributed by atoms with E-state index < -0.39 is 0 Å². The first kappa shape index (κ1) is 13.9. The minimum Gasteiger partial charge on any atom is -0.506 e. The average Bonchev–Trinajstić information content (AvgIpc) is 2.56. The zero-order valence-corrected chi connectivity index (χ0v) is 11.9. The molecule has 0 aliphatic heterocycles. The molecule has 3 heteroatoms. The second-order valence-electron chi connectivity index (χ2n) is 4.92. The van der Waals surface area contributed by atoms with Crippen LogP contribution in [0.3, 0.4) is 0 Å². The Morgan fingerprint density at radius 1 is 0.909 bits per heavy atom. The number of hydrogen-bond donors (Lipinski definition) is 2. The molecule has 3 rings (SSSR count). The summed E-state index contributed by atoms with van der Waals surface area (Å²) in [5, 5.41) is 14.7. The summed E-state index contributed by atoms with van der Waals surface area (Å²) in [5.41, 5.74) is 1.19.